The second-order valence-electron chi connectivity index (χ2n) is 4.54. The molecule has 2 nitrogen and oxygen atoms in total. The van der Waals surface area contributed by atoms with Crippen molar-refractivity contribution in [2.45, 2.75) is 6.92 Å². The summed E-state index contributed by atoms with van der Waals surface area (Å²) in [6.45, 7) is 1.54. The van der Waals surface area contributed by atoms with E-state index in [9.17, 15) is 4.79 Å². The number of rotatable bonds is 3. The van der Waals surface area contributed by atoms with E-state index < -0.39 is 0 Å². The lowest BCUT2D eigenvalue weighted by Gasteiger charge is -2.02. The Hall–Kier alpha value is -2.26. The number of hydrogen-bond donors (Lipinski definition) is 0. The third-order valence-corrected chi connectivity index (χ3v) is 4.04. The Kier molecular flexibility index (Phi) is 3.44. The minimum atomic E-state index is 0.0159. The van der Waals surface area contributed by atoms with Crippen molar-refractivity contribution in [3.8, 4) is 22.4 Å². The molecule has 98 valence electrons. The van der Waals surface area contributed by atoms with E-state index in [2.05, 4.69) is 29.2 Å². The first-order valence-corrected chi connectivity index (χ1v) is 7.24. The van der Waals surface area contributed by atoms with Gasteiger partial charge in [0, 0.05) is 17.9 Å². The van der Waals surface area contributed by atoms with Crippen LogP contribution < -0.4 is 0 Å². The highest BCUT2D eigenvalue weighted by Gasteiger charge is 2.08. The Morgan fingerprint density at radius 3 is 2.10 bits per heavy atom. The van der Waals surface area contributed by atoms with Gasteiger partial charge in [-0.1, -0.05) is 54.6 Å². The van der Waals surface area contributed by atoms with Gasteiger partial charge in [-0.2, -0.15) is 0 Å². The molecule has 0 aliphatic rings. The number of aromatic nitrogens is 1. The molecule has 0 spiro atoms. The van der Waals surface area contributed by atoms with Gasteiger partial charge >= 0.3 is 0 Å². The summed E-state index contributed by atoms with van der Waals surface area (Å²) in [6.07, 6.45) is 0. The van der Waals surface area contributed by atoms with Crippen LogP contribution in [0.5, 0.6) is 0 Å². The first kappa shape index (κ1) is 12.8. The van der Waals surface area contributed by atoms with Crippen LogP contribution in [0.3, 0.4) is 0 Å². The molecule has 1 heterocycles. The van der Waals surface area contributed by atoms with Gasteiger partial charge in [0.1, 0.15) is 0 Å². The van der Waals surface area contributed by atoms with Crippen LogP contribution in [0.25, 0.3) is 22.4 Å². The van der Waals surface area contributed by atoms with Gasteiger partial charge in [-0.15, -0.1) is 11.3 Å². The summed E-state index contributed by atoms with van der Waals surface area (Å²) in [5.41, 5.74) is 4.27. The van der Waals surface area contributed by atoms with Crippen LogP contribution in [0.15, 0.2) is 60.0 Å². The molecule has 20 heavy (non-hydrogen) atoms. The van der Waals surface area contributed by atoms with Crippen molar-refractivity contribution in [1.82, 2.24) is 4.98 Å². The SMILES string of the molecule is CC(=O)c1nc(-c2ccc(-c3ccccc3)cc2)cs1. The summed E-state index contributed by atoms with van der Waals surface area (Å²) < 4.78 is 0. The standard InChI is InChI=1S/C17H13NOS/c1-12(19)17-18-16(11-20-17)15-9-7-14(8-10-15)13-5-3-2-4-6-13/h2-11H,1H3. The smallest absolute Gasteiger partial charge is 0.188 e. The normalized spacial score (nSPS) is 10.4. The molecule has 0 bridgehead atoms. The Balaban J connectivity index is 1.91. The molecule has 1 aromatic heterocycles. The predicted molar refractivity (Wildman–Crippen MR) is 83.0 cm³/mol. The van der Waals surface area contributed by atoms with Crippen LogP contribution in [0, 0.1) is 0 Å². The van der Waals surface area contributed by atoms with Crippen molar-refractivity contribution >= 4 is 17.1 Å². The molecule has 3 rings (SSSR count). The maximum atomic E-state index is 11.3. The zero-order valence-electron chi connectivity index (χ0n) is 11.0. The fraction of sp³-hybridized carbons (Fsp3) is 0.0588. The van der Waals surface area contributed by atoms with E-state index in [0.29, 0.717) is 5.01 Å². The van der Waals surface area contributed by atoms with Gasteiger partial charge in [0.15, 0.2) is 10.8 Å². The van der Waals surface area contributed by atoms with Crippen LogP contribution in [-0.2, 0) is 0 Å². The minimum absolute atomic E-state index is 0.0159. The molecule has 0 unspecified atom stereocenters. The lowest BCUT2D eigenvalue weighted by Crippen LogP contribution is -1.89. The summed E-state index contributed by atoms with van der Waals surface area (Å²) >= 11 is 1.39. The highest BCUT2D eigenvalue weighted by atomic mass is 32.1. The molecule has 3 heteroatoms. The van der Waals surface area contributed by atoms with Crippen LogP contribution in [-0.4, -0.2) is 10.8 Å². The van der Waals surface area contributed by atoms with Gasteiger partial charge in [0.25, 0.3) is 0 Å². The number of carbonyl (C=O) groups is 1. The summed E-state index contributed by atoms with van der Waals surface area (Å²) in [5.74, 6) is 0.0159. The average molecular weight is 279 g/mol. The van der Waals surface area contributed by atoms with Gasteiger partial charge in [0.05, 0.1) is 5.69 Å². The largest absolute Gasteiger partial charge is 0.292 e. The topological polar surface area (TPSA) is 30.0 Å². The number of Topliss-reactive ketones (excluding diaryl/α,β-unsaturated/α-hetero) is 1. The first-order valence-electron chi connectivity index (χ1n) is 6.36. The van der Waals surface area contributed by atoms with E-state index in [1.807, 2.05) is 35.7 Å². The lowest BCUT2D eigenvalue weighted by atomic mass is 10.0. The van der Waals surface area contributed by atoms with Crippen molar-refractivity contribution in [2.75, 3.05) is 0 Å². The van der Waals surface area contributed by atoms with Crippen molar-refractivity contribution in [1.29, 1.82) is 0 Å². The number of nitrogens with zero attached hydrogens (tertiary/aromatic N) is 1. The second kappa shape index (κ2) is 5.39. The first-order chi connectivity index (χ1) is 9.74. The molecule has 0 saturated carbocycles. The fourth-order valence-electron chi connectivity index (χ4n) is 2.03. The molecular formula is C17H13NOS. The molecular weight excluding hydrogens is 266 g/mol. The van der Waals surface area contributed by atoms with Crippen molar-refractivity contribution in [2.24, 2.45) is 0 Å². The molecule has 0 atom stereocenters. The van der Waals surface area contributed by atoms with E-state index in [0.717, 1.165) is 11.3 Å². The van der Waals surface area contributed by atoms with Crippen LogP contribution >= 0.6 is 11.3 Å². The van der Waals surface area contributed by atoms with Crippen LogP contribution in [0.4, 0.5) is 0 Å². The van der Waals surface area contributed by atoms with Crippen molar-refractivity contribution < 1.29 is 4.79 Å². The molecule has 0 radical (unpaired) electrons. The Labute approximate surface area is 121 Å². The van der Waals surface area contributed by atoms with E-state index in [4.69, 9.17) is 0 Å². The number of thiazole rings is 1. The third-order valence-electron chi connectivity index (χ3n) is 3.09. The predicted octanol–water partition coefficient (Wildman–Crippen LogP) is 4.68. The molecule has 0 fully saturated rings. The molecule has 2 aromatic carbocycles. The van der Waals surface area contributed by atoms with Gasteiger partial charge in [-0.05, 0) is 11.1 Å². The van der Waals surface area contributed by atoms with Gasteiger partial charge in [-0.25, -0.2) is 4.98 Å². The highest BCUT2D eigenvalue weighted by Crippen LogP contribution is 2.25. The molecule has 3 aromatic rings. The number of benzene rings is 2. The van der Waals surface area contributed by atoms with Crippen molar-refractivity contribution in [3.05, 3.63) is 65.0 Å². The monoisotopic (exact) mass is 279 g/mol. The molecule has 0 N–H and O–H groups in total. The van der Waals surface area contributed by atoms with Gasteiger partial charge < -0.3 is 0 Å². The summed E-state index contributed by atoms with van der Waals surface area (Å²) in [4.78, 5) is 15.6. The van der Waals surface area contributed by atoms with Gasteiger partial charge in [0.2, 0.25) is 0 Å². The number of hydrogen-bond acceptors (Lipinski definition) is 3. The number of ketones is 1. The summed E-state index contributed by atoms with van der Waals surface area (Å²) in [6, 6.07) is 18.5. The number of carbonyl (C=O) groups excluding carboxylic acids is 1. The summed E-state index contributed by atoms with van der Waals surface area (Å²) in [5, 5.41) is 2.49. The molecule has 0 amide bonds. The van der Waals surface area contributed by atoms with E-state index in [-0.39, 0.29) is 5.78 Å². The zero-order valence-corrected chi connectivity index (χ0v) is 11.9. The van der Waals surface area contributed by atoms with Crippen molar-refractivity contribution in [3.63, 3.8) is 0 Å². The maximum Gasteiger partial charge on any atom is 0.188 e. The Morgan fingerprint density at radius 2 is 1.50 bits per heavy atom. The molecule has 0 saturated heterocycles. The van der Waals surface area contributed by atoms with Crippen LogP contribution in [0.1, 0.15) is 16.7 Å². The van der Waals surface area contributed by atoms with E-state index >= 15 is 0 Å². The summed E-state index contributed by atoms with van der Waals surface area (Å²) in [7, 11) is 0. The fourth-order valence-corrected chi connectivity index (χ4v) is 2.76. The lowest BCUT2D eigenvalue weighted by molar-refractivity contribution is 0.101. The highest BCUT2D eigenvalue weighted by molar-refractivity contribution is 7.12. The van der Waals surface area contributed by atoms with E-state index in [1.165, 1.54) is 22.5 Å². The Morgan fingerprint density at radius 1 is 0.900 bits per heavy atom. The average Bonchev–Trinajstić information content (AvgIpc) is 2.98. The third kappa shape index (κ3) is 2.53. The Bertz CT molecular complexity index is 729. The van der Waals surface area contributed by atoms with Crippen LogP contribution in [0.2, 0.25) is 0 Å². The quantitative estimate of drug-likeness (QED) is 0.652. The molecule has 0 aliphatic heterocycles. The molecule has 0 aliphatic carbocycles. The second-order valence-corrected chi connectivity index (χ2v) is 5.40. The van der Waals surface area contributed by atoms with E-state index in [1.54, 1.807) is 6.92 Å². The van der Waals surface area contributed by atoms with Gasteiger partial charge in [-0.3, -0.25) is 4.79 Å². The minimum Gasteiger partial charge on any atom is -0.292 e. The zero-order chi connectivity index (χ0) is 13.9. The maximum absolute atomic E-state index is 11.3.